The van der Waals surface area contributed by atoms with Crippen molar-refractivity contribution in [1.82, 2.24) is 5.32 Å². The van der Waals surface area contributed by atoms with Crippen molar-refractivity contribution in [3.05, 3.63) is 12.2 Å². The van der Waals surface area contributed by atoms with E-state index in [1.807, 2.05) is 0 Å². The molecule has 0 aliphatic heterocycles. The summed E-state index contributed by atoms with van der Waals surface area (Å²) in [5.41, 5.74) is 0.374. The molecule has 6 nitrogen and oxygen atoms in total. The number of amides is 1. The molecule has 1 rings (SSSR count). The molecule has 150 valence electrons. The van der Waals surface area contributed by atoms with Crippen LogP contribution in [0, 0.1) is 11.3 Å². The van der Waals surface area contributed by atoms with Gasteiger partial charge in [-0.15, -0.1) is 0 Å². The van der Waals surface area contributed by atoms with Gasteiger partial charge in [0.1, 0.15) is 22.0 Å². The molecule has 0 spiro atoms. The highest BCUT2D eigenvalue weighted by Gasteiger charge is 2.37. The van der Waals surface area contributed by atoms with Crippen LogP contribution in [0.1, 0.15) is 59.8 Å². The van der Waals surface area contributed by atoms with Crippen LogP contribution in [-0.4, -0.2) is 44.4 Å². The number of ether oxygens (including phenoxy) is 1. The number of sulfone groups is 1. The summed E-state index contributed by atoms with van der Waals surface area (Å²) in [7, 11) is -3.25. The summed E-state index contributed by atoms with van der Waals surface area (Å²) in [5, 5.41) is 2.54. The molecule has 26 heavy (non-hydrogen) atoms. The Bertz CT molecular complexity index is 640. The zero-order valence-corrected chi connectivity index (χ0v) is 17.4. The molecule has 1 N–H and O–H groups in total. The van der Waals surface area contributed by atoms with Crippen molar-refractivity contribution in [2.24, 2.45) is 11.3 Å². The van der Waals surface area contributed by atoms with E-state index in [1.54, 1.807) is 0 Å². The molecule has 2 unspecified atom stereocenters. The van der Waals surface area contributed by atoms with E-state index >= 15 is 0 Å². The Balaban J connectivity index is 2.80. The summed E-state index contributed by atoms with van der Waals surface area (Å²) < 4.78 is 28.6. The lowest BCUT2D eigenvalue weighted by molar-refractivity contribution is -0.156. The Labute approximate surface area is 157 Å². The van der Waals surface area contributed by atoms with Gasteiger partial charge in [-0.3, -0.25) is 4.79 Å². The lowest BCUT2D eigenvalue weighted by Gasteiger charge is -2.41. The molecule has 0 heterocycles. The average molecular weight is 388 g/mol. The van der Waals surface area contributed by atoms with E-state index in [1.165, 1.54) is 6.92 Å². The molecular weight excluding hydrogens is 354 g/mol. The van der Waals surface area contributed by atoms with E-state index < -0.39 is 27.8 Å². The van der Waals surface area contributed by atoms with Crippen molar-refractivity contribution < 1.29 is 22.7 Å². The highest BCUT2D eigenvalue weighted by molar-refractivity contribution is 7.90. The topological polar surface area (TPSA) is 89.5 Å². The maximum atomic E-state index is 12.6. The Morgan fingerprint density at radius 1 is 1.35 bits per heavy atom. The van der Waals surface area contributed by atoms with Gasteiger partial charge in [-0.2, -0.15) is 0 Å². The molecule has 0 aromatic rings. The number of hydrogen-bond donors (Lipinski definition) is 1. The van der Waals surface area contributed by atoms with Crippen LogP contribution in [0.3, 0.4) is 0 Å². The predicted molar refractivity (Wildman–Crippen MR) is 102 cm³/mol. The van der Waals surface area contributed by atoms with Crippen molar-refractivity contribution in [3.8, 4) is 0 Å². The van der Waals surface area contributed by atoms with Crippen LogP contribution in [0.4, 0.5) is 0 Å². The molecule has 1 saturated carbocycles. The van der Waals surface area contributed by atoms with Crippen LogP contribution >= 0.6 is 0 Å². The van der Waals surface area contributed by atoms with Crippen LogP contribution in [0.2, 0.25) is 0 Å². The quantitative estimate of drug-likeness (QED) is 0.511. The van der Waals surface area contributed by atoms with Crippen LogP contribution in [-0.2, 0) is 24.2 Å². The van der Waals surface area contributed by atoms with E-state index in [0.717, 1.165) is 31.9 Å². The molecule has 0 saturated heterocycles. The van der Waals surface area contributed by atoms with Crippen LogP contribution in [0.25, 0.3) is 0 Å². The minimum Gasteiger partial charge on any atom is -0.461 e. The molecule has 7 heteroatoms. The van der Waals surface area contributed by atoms with E-state index in [0.29, 0.717) is 5.92 Å². The third kappa shape index (κ3) is 7.09. The average Bonchev–Trinajstić information content (AvgIpc) is 2.49. The number of carbonyl (C=O) groups excluding carboxylic acids is 2. The summed E-state index contributed by atoms with van der Waals surface area (Å²) >= 11 is 0. The predicted octanol–water partition coefficient (Wildman–Crippen LogP) is 2.63. The fourth-order valence-electron chi connectivity index (χ4n) is 3.19. The number of nitrogens with one attached hydrogen (secondary N) is 1. The van der Waals surface area contributed by atoms with Gasteiger partial charge in [0.25, 0.3) is 0 Å². The number of rotatable bonds is 8. The van der Waals surface area contributed by atoms with Gasteiger partial charge >= 0.3 is 5.97 Å². The van der Waals surface area contributed by atoms with Crippen LogP contribution in [0.5, 0.6) is 0 Å². The van der Waals surface area contributed by atoms with Gasteiger partial charge < -0.3 is 10.1 Å². The normalized spacial score (nSPS) is 24.8. The van der Waals surface area contributed by atoms with Gasteiger partial charge in [0.15, 0.2) is 0 Å². The monoisotopic (exact) mass is 387 g/mol. The largest absolute Gasteiger partial charge is 0.461 e. The summed E-state index contributed by atoms with van der Waals surface area (Å²) in [6.07, 6.45) is 4.55. The third-order valence-corrected chi connectivity index (χ3v) is 6.38. The minimum atomic E-state index is -3.25. The molecule has 1 fully saturated rings. The molecular formula is C19H33NO5S. The molecule has 0 aromatic carbocycles. The minimum absolute atomic E-state index is 0.00907. The Hall–Kier alpha value is -1.37. The van der Waals surface area contributed by atoms with Gasteiger partial charge in [0.2, 0.25) is 5.91 Å². The molecule has 1 aliphatic rings. The molecule has 0 bridgehead atoms. The fraction of sp³-hybridized carbons (Fsp3) is 0.789. The van der Waals surface area contributed by atoms with Crippen molar-refractivity contribution in [3.63, 3.8) is 0 Å². The van der Waals surface area contributed by atoms with Crippen LogP contribution < -0.4 is 5.32 Å². The second-order valence-corrected chi connectivity index (χ2v) is 10.4. The first-order valence-electron chi connectivity index (χ1n) is 9.18. The number of hydrogen-bond acceptors (Lipinski definition) is 5. The molecule has 0 radical (unpaired) electrons. The highest BCUT2D eigenvalue weighted by atomic mass is 32.2. The Morgan fingerprint density at radius 3 is 2.46 bits per heavy atom. The van der Waals surface area contributed by atoms with E-state index in [9.17, 15) is 18.0 Å². The summed E-state index contributed by atoms with van der Waals surface area (Å²) in [6, 6.07) is -0.985. The molecule has 1 aliphatic carbocycles. The van der Waals surface area contributed by atoms with Gasteiger partial charge in [-0.1, -0.05) is 27.4 Å². The second kappa shape index (κ2) is 9.02. The van der Waals surface area contributed by atoms with Gasteiger partial charge in [0, 0.05) is 11.8 Å². The van der Waals surface area contributed by atoms with Crippen molar-refractivity contribution in [2.75, 3.05) is 12.0 Å². The first kappa shape index (κ1) is 22.7. The Kier molecular flexibility index (Phi) is 7.86. The second-order valence-electron chi connectivity index (χ2n) is 8.19. The maximum Gasteiger partial charge on any atom is 0.328 e. The summed E-state index contributed by atoms with van der Waals surface area (Å²) in [5.74, 6) is -0.761. The van der Waals surface area contributed by atoms with Crippen LogP contribution in [0.15, 0.2) is 12.2 Å². The van der Waals surface area contributed by atoms with E-state index in [-0.39, 0.29) is 29.3 Å². The fourth-order valence-corrected chi connectivity index (χ4v) is 3.86. The lowest BCUT2D eigenvalue weighted by atomic mass is 9.67. The standard InChI is InChI=1S/C19H33NO5S/c1-13(2)17(21)20-16(9-11-26(6,23)24)18(22)25-15-8-7-10-19(5,12-15)14(3)4/h14-16H,1,7-12H2,2-6H3,(H,20,21)/t15?,16-,19?/m0/s1. The first-order valence-corrected chi connectivity index (χ1v) is 11.2. The molecule has 0 aromatic heterocycles. The zero-order valence-electron chi connectivity index (χ0n) is 16.6. The first-order chi connectivity index (χ1) is 11.8. The van der Waals surface area contributed by atoms with Crippen molar-refractivity contribution >= 4 is 21.7 Å². The van der Waals surface area contributed by atoms with Crippen molar-refractivity contribution in [2.45, 2.75) is 71.9 Å². The molecule has 3 atom stereocenters. The highest BCUT2D eigenvalue weighted by Crippen LogP contribution is 2.42. The van der Waals surface area contributed by atoms with Gasteiger partial charge in [0.05, 0.1) is 5.75 Å². The number of esters is 1. The summed E-state index contributed by atoms with van der Waals surface area (Å²) in [4.78, 5) is 24.5. The third-order valence-electron chi connectivity index (χ3n) is 5.40. The summed E-state index contributed by atoms with van der Waals surface area (Å²) in [6.45, 7) is 11.6. The van der Waals surface area contributed by atoms with E-state index in [2.05, 4.69) is 32.7 Å². The maximum absolute atomic E-state index is 12.6. The lowest BCUT2D eigenvalue weighted by Crippen LogP contribution is -2.45. The SMILES string of the molecule is C=C(C)C(=O)N[C@@H](CCS(C)(=O)=O)C(=O)OC1CCCC(C)(C(C)C)C1. The zero-order chi connectivity index (χ0) is 20.1. The van der Waals surface area contributed by atoms with Gasteiger partial charge in [-0.25, -0.2) is 13.2 Å². The smallest absolute Gasteiger partial charge is 0.328 e. The number of carbonyl (C=O) groups is 2. The molecule has 1 amide bonds. The van der Waals surface area contributed by atoms with Crippen molar-refractivity contribution in [1.29, 1.82) is 0 Å². The van der Waals surface area contributed by atoms with E-state index in [4.69, 9.17) is 4.74 Å². The Morgan fingerprint density at radius 2 is 1.96 bits per heavy atom. The van der Waals surface area contributed by atoms with Gasteiger partial charge in [-0.05, 0) is 50.4 Å².